The van der Waals surface area contributed by atoms with Gasteiger partial charge in [-0.1, -0.05) is 26.0 Å². The van der Waals surface area contributed by atoms with Gasteiger partial charge in [0.05, 0.1) is 12.2 Å². The van der Waals surface area contributed by atoms with Crippen LogP contribution in [0.25, 0.3) is 0 Å². The van der Waals surface area contributed by atoms with Gasteiger partial charge in [-0.2, -0.15) is 0 Å². The Balaban J connectivity index is 1.92. The minimum absolute atomic E-state index is 0.0345. The zero-order chi connectivity index (χ0) is 17.5. The number of likely N-dealkylation sites (tertiary alicyclic amines) is 1. The smallest absolute Gasteiger partial charge is 0.340 e. The van der Waals surface area contributed by atoms with Crippen molar-refractivity contribution in [1.29, 1.82) is 0 Å². The van der Waals surface area contributed by atoms with Gasteiger partial charge in [-0.05, 0) is 30.4 Å². The van der Waals surface area contributed by atoms with E-state index in [0.717, 1.165) is 19.5 Å². The van der Waals surface area contributed by atoms with Gasteiger partial charge in [0.1, 0.15) is 0 Å². The lowest BCUT2D eigenvalue weighted by Crippen LogP contribution is -2.44. The second-order valence-electron chi connectivity index (χ2n) is 6.52. The molecule has 6 heteroatoms. The van der Waals surface area contributed by atoms with Crippen LogP contribution in [0.15, 0.2) is 24.3 Å². The van der Waals surface area contributed by atoms with Crippen LogP contribution in [0.3, 0.4) is 0 Å². The van der Waals surface area contributed by atoms with Crippen molar-refractivity contribution < 1.29 is 19.4 Å². The standard InChI is InChI=1S/C18H26N2O4/c1-13-9-14(2)11-20(10-13)17(22)12-24-18(23)15-5-3-4-6-16(15)19-7-8-21/h3-6,13-14,19,21H,7-12H2,1-2H3/t13-,14+. The van der Waals surface area contributed by atoms with Crippen LogP contribution in [0.5, 0.6) is 0 Å². The molecule has 1 aliphatic heterocycles. The summed E-state index contributed by atoms with van der Waals surface area (Å²) >= 11 is 0. The van der Waals surface area contributed by atoms with Crippen molar-refractivity contribution in [3.63, 3.8) is 0 Å². The van der Waals surface area contributed by atoms with Gasteiger partial charge < -0.3 is 20.1 Å². The van der Waals surface area contributed by atoms with Gasteiger partial charge in [-0.15, -0.1) is 0 Å². The maximum absolute atomic E-state index is 12.3. The van der Waals surface area contributed by atoms with E-state index in [1.54, 1.807) is 29.2 Å². The number of carbonyl (C=O) groups is 2. The van der Waals surface area contributed by atoms with E-state index in [1.165, 1.54) is 0 Å². The van der Waals surface area contributed by atoms with Crippen molar-refractivity contribution in [1.82, 2.24) is 4.90 Å². The number of para-hydroxylation sites is 1. The predicted molar refractivity (Wildman–Crippen MR) is 91.8 cm³/mol. The number of aliphatic hydroxyl groups is 1. The number of piperidine rings is 1. The lowest BCUT2D eigenvalue weighted by molar-refractivity contribution is -0.137. The molecule has 1 aromatic carbocycles. The maximum Gasteiger partial charge on any atom is 0.340 e. The summed E-state index contributed by atoms with van der Waals surface area (Å²) in [7, 11) is 0. The summed E-state index contributed by atoms with van der Waals surface area (Å²) in [5, 5.41) is 11.9. The van der Waals surface area contributed by atoms with Crippen molar-refractivity contribution in [2.45, 2.75) is 20.3 Å². The summed E-state index contributed by atoms with van der Waals surface area (Å²) in [5.41, 5.74) is 0.948. The zero-order valence-corrected chi connectivity index (χ0v) is 14.3. The fourth-order valence-corrected chi connectivity index (χ4v) is 3.17. The van der Waals surface area contributed by atoms with Gasteiger partial charge >= 0.3 is 5.97 Å². The maximum atomic E-state index is 12.3. The van der Waals surface area contributed by atoms with E-state index in [9.17, 15) is 9.59 Å². The molecule has 2 rings (SSSR count). The van der Waals surface area contributed by atoms with Gasteiger partial charge in [0, 0.05) is 25.3 Å². The van der Waals surface area contributed by atoms with Crippen molar-refractivity contribution in [3.05, 3.63) is 29.8 Å². The number of benzene rings is 1. The van der Waals surface area contributed by atoms with Gasteiger partial charge in [0.15, 0.2) is 6.61 Å². The Morgan fingerprint density at radius 2 is 1.92 bits per heavy atom. The first-order valence-electron chi connectivity index (χ1n) is 8.40. The molecule has 2 N–H and O–H groups in total. The average Bonchev–Trinajstić information content (AvgIpc) is 2.57. The van der Waals surface area contributed by atoms with E-state index in [-0.39, 0.29) is 19.1 Å². The van der Waals surface area contributed by atoms with Crippen LogP contribution >= 0.6 is 0 Å². The molecule has 0 bridgehead atoms. The molecule has 1 aliphatic rings. The summed E-state index contributed by atoms with van der Waals surface area (Å²) in [4.78, 5) is 26.3. The van der Waals surface area contributed by atoms with E-state index in [2.05, 4.69) is 19.2 Å². The van der Waals surface area contributed by atoms with Crippen LogP contribution in [0.1, 0.15) is 30.6 Å². The molecular weight excluding hydrogens is 308 g/mol. The van der Waals surface area contributed by atoms with Crippen LogP contribution < -0.4 is 5.32 Å². The third-order valence-corrected chi connectivity index (χ3v) is 4.12. The number of anilines is 1. The van der Waals surface area contributed by atoms with Crippen LogP contribution in [0.4, 0.5) is 5.69 Å². The molecule has 24 heavy (non-hydrogen) atoms. The molecule has 1 fully saturated rings. The third kappa shape index (κ3) is 4.96. The van der Waals surface area contributed by atoms with Crippen LogP contribution in [0.2, 0.25) is 0 Å². The quantitative estimate of drug-likeness (QED) is 0.775. The number of rotatable bonds is 6. The second-order valence-corrected chi connectivity index (χ2v) is 6.52. The molecule has 2 atom stereocenters. The van der Waals surface area contributed by atoms with E-state index in [4.69, 9.17) is 9.84 Å². The lowest BCUT2D eigenvalue weighted by atomic mass is 9.92. The van der Waals surface area contributed by atoms with Gasteiger partial charge in [-0.3, -0.25) is 4.79 Å². The minimum Gasteiger partial charge on any atom is -0.452 e. The fourth-order valence-electron chi connectivity index (χ4n) is 3.17. The molecule has 1 heterocycles. The molecule has 0 unspecified atom stereocenters. The lowest BCUT2D eigenvalue weighted by Gasteiger charge is -2.34. The second kappa shape index (κ2) is 8.68. The molecule has 0 aromatic heterocycles. The van der Waals surface area contributed by atoms with Gasteiger partial charge in [-0.25, -0.2) is 4.79 Å². The first-order valence-corrected chi connectivity index (χ1v) is 8.40. The number of aliphatic hydroxyl groups excluding tert-OH is 1. The number of amides is 1. The molecular formula is C18H26N2O4. The summed E-state index contributed by atoms with van der Waals surface area (Å²) in [6.07, 6.45) is 1.12. The highest BCUT2D eigenvalue weighted by molar-refractivity contribution is 5.96. The summed E-state index contributed by atoms with van der Waals surface area (Å²) < 4.78 is 5.20. The van der Waals surface area contributed by atoms with Crippen LogP contribution in [-0.2, 0) is 9.53 Å². The normalized spacial score (nSPS) is 20.5. The Labute approximate surface area is 142 Å². The average molecular weight is 334 g/mol. The highest BCUT2D eigenvalue weighted by Gasteiger charge is 2.26. The van der Waals surface area contributed by atoms with Crippen LogP contribution in [0, 0.1) is 11.8 Å². The monoisotopic (exact) mass is 334 g/mol. The Bertz CT molecular complexity index is 566. The van der Waals surface area contributed by atoms with Gasteiger partial charge in [0.25, 0.3) is 5.91 Å². The topological polar surface area (TPSA) is 78.9 Å². The number of ether oxygens (including phenoxy) is 1. The van der Waals surface area contributed by atoms with E-state index in [0.29, 0.717) is 29.6 Å². The largest absolute Gasteiger partial charge is 0.452 e. The number of hydrogen-bond acceptors (Lipinski definition) is 5. The molecule has 0 aliphatic carbocycles. The first kappa shape index (κ1) is 18.3. The molecule has 0 saturated carbocycles. The van der Waals surface area contributed by atoms with E-state index < -0.39 is 5.97 Å². The molecule has 1 saturated heterocycles. The highest BCUT2D eigenvalue weighted by Crippen LogP contribution is 2.21. The number of esters is 1. The van der Waals surface area contributed by atoms with Crippen molar-refractivity contribution in [3.8, 4) is 0 Å². The molecule has 1 amide bonds. The minimum atomic E-state index is -0.539. The zero-order valence-electron chi connectivity index (χ0n) is 14.3. The van der Waals surface area contributed by atoms with E-state index >= 15 is 0 Å². The molecule has 6 nitrogen and oxygen atoms in total. The van der Waals surface area contributed by atoms with Gasteiger partial charge in [0.2, 0.25) is 0 Å². The van der Waals surface area contributed by atoms with Crippen molar-refractivity contribution >= 4 is 17.6 Å². The number of carbonyl (C=O) groups excluding carboxylic acids is 2. The van der Waals surface area contributed by atoms with Crippen molar-refractivity contribution in [2.24, 2.45) is 11.8 Å². The Hall–Kier alpha value is -2.08. The Kier molecular flexibility index (Phi) is 6.61. The van der Waals surface area contributed by atoms with Crippen molar-refractivity contribution in [2.75, 3.05) is 38.2 Å². The predicted octanol–water partition coefficient (Wildman–Crippen LogP) is 1.75. The Morgan fingerprint density at radius 1 is 1.25 bits per heavy atom. The molecule has 0 radical (unpaired) electrons. The fraction of sp³-hybridized carbons (Fsp3) is 0.556. The third-order valence-electron chi connectivity index (χ3n) is 4.12. The number of nitrogens with one attached hydrogen (secondary N) is 1. The molecule has 1 aromatic rings. The summed E-state index contributed by atoms with van der Waals surface area (Å²) in [5.74, 6) is 0.249. The summed E-state index contributed by atoms with van der Waals surface area (Å²) in [6.45, 7) is 5.76. The SMILES string of the molecule is C[C@@H]1C[C@H](C)CN(C(=O)COC(=O)c2ccccc2NCCO)C1. The number of nitrogens with zero attached hydrogens (tertiary/aromatic N) is 1. The highest BCUT2D eigenvalue weighted by atomic mass is 16.5. The van der Waals surface area contributed by atoms with E-state index in [1.807, 2.05) is 0 Å². The molecule has 0 spiro atoms. The first-order chi connectivity index (χ1) is 11.5. The van der Waals surface area contributed by atoms with Crippen LogP contribution in [-0.4, -0.2) is 54.7 Å². The number of hydrogen-bond donors (Lipinski definition) is 2. The molecule has 132 valence electrons. The Morgan fingerprint density at radius 3 is 2.58 bits per heavy atom. The summed E-state index contributed by atoms with van der Waals surface area (Å²) in [6, 6.07) is 6.90.